The van der Waals surface area contributed by atoms with Crippen molar-refractivity contribution in [3.05, 3.63) is 35.5 Å². The zero-order chi connectivity index (χ0) is 12.1. The molecule has 1 aromatic heterocycles. The molecule has 17 heavy (non-hydrogen) atoms. The molecule has 1 aromatic carbocycles. The Bertz CT molecular complexity index is 468. The van der Waals surface area contributed by atoms with E-state index in [1.54, 1.807) is 12.3 Å². The van der Waals surface area contributed by atoms with Crippen LogP contribution in [-0.2, 0) is 0 Å². The van der Waals surface area contributed by atoms with Crippen molar-refractivity contribution < 1.29 is 9.26 Å². The van der Waals surface area contributed by atoms with Gasteiger partial charge in [0, 0.05) is 11.1 Å². The lowest BCUT2D eigenvalue weighted by Gasteiger charge is -2.09. The summed E-state index contributed by atoms with van der Waals surface area (Å²) >= 11 is 5.98. The highest BCUT2D eigenvalue weighted by atomic mass is 35.5. The van der Waals surface area contributed by atoms with E-state index in [4.69, 9.17) is 20.9 Å². The van der Waals surface area contributed by atoms with Gasteiger partial charge in [0.05, 0.1) is 18.4 Å². The number of nitrogens with zero attached hydrogens (tertiary/aromatic N) is 1. The average molecular weight is 252 g/mol. The average Bonchev–Trinajstić information content (AvgIpc) is 2.85. The maximum absolute atomic E-state index is 5.98. The monoisotopic (exact) mass is 251 g/mol. The second-order valence-electron chi connectivity index (χ2n) is 3.72. The Balaban J connectivity index is 2.25. The van der Waals surface area contributed by atoms with Gasteiger partial charge in [-0.3, -0.25) is 0 Å². The van der Waals surface area contributed by atoms with Gasteiger partial charge in [0.1, 0.15) is 5.75 Å². The largest absolute Gasteiger partial charge is 0.493 e. The molecule has 0 N–H and O–H groups in total. The number of aromatic nitrogens is 1. The van der Waals surface area contributed by atoms with E-state index >= 15 is 0 Å². The number of hydrogen-bond acceptors (Lipinski definition) is 3. The third-order valence-corrected chi connectivity index (χ3v) is 2.64. The highest BCUT2D eigenvalue weighted by Crippen LogP contribution is 2.32. The first-order valence-electron chi connectivity index (χ1n) is 5.64. The molecule has 0 atom stereocenters. The van der Waals surface area contributed by atoms with Crippen molar-refractivity contribution in [2.75, 3.05) is 6.61 Å². The van der Waals surface area contributed by atoms with E-state index < -0.39 is 0 Å². The normalized spacial score (nSPS) is 10.5. The summed E-state index contributed by atoms with van der Waals surface area (Å²) in [5.41, 5.74) is 0.839. The molecule has 2 rings (SSSR count). The van der Waals surface area contributed by atoms with Crippen LogP contribution in [0.3, 0.4) is 0 Å². The van der Waals surface area contributed by atoms with Gasteiger partial charge < -0.3 is 9.26 Å². The van der Waals surface area contributed by atoms with Crippen LogP contribution in [0.1, 0.15) is 19.8 Å². The third-order valence-electron chi connectivity index (χ3n) is 2.40. The van der Waals surface area contributed by atoms with Crippen LogP contribution < -0.4 is 4.74 Å². The molecule has 0 aliphatic rings. The van der Waals surface area contributed by atoms with Gasteiger partial charge in [0.15, 0.2) is 5.76 Å². The maximum Gasteiger partial charge on any atom is 0.170 e. The van der Waals surface area contributed by atoms with Crippen molar-refractivity contribution in [3.8, 4) is 17.1 Å². The second kappa shape index (κ2) is 5.73. The Hall–Kier alpha value is -1.48. The molecule has 0 unspecified atom stereocenters. The Kier molecular flexibility index (Phi) is 4.04. The first-order valence-corrected chi connectivity index (χ1v) is 6.02. The van der Waals surface area contributed by atoms with Crippen LogP contribution in [0, 0.1) is 0 Å². The first kappa shape index (κ1) is 12.0. The standard InChI is InChI=1S/C13H14ClNO2/c1-2-3-8-16-12-5-4-10(14)9-11(12)13-6-7-15-17-13/h4-7,9H,2-3,8H2,1H3. The van der Waals surface area contributed by atoms with Gasteiger partial charge in [0.25, 0.3) is 0 Å². The van der Waals surface area contributed by atoms with Gasteiger partial charge in [-0.25, -0.2) is 0 Å². The van der Waals surface area contributed by atoms with Crippen LogP contribution in [0.4, 0.5) is 0 Å². The van der Waals surface area contributed by atoms with Crippen molar-refractivity contribution in [1.82, 2.24) is 5.16 Å². The summed E-state index contributed by atoms with van der Waals surface area (Å²) in [5, 5.41) is 4.34. The molecule has 0 saturated carbocycles. The van der Waals surface area contributed by atoms with Crippen LogP contribution in [0.25, 0.3) is 11.3 Å². The van der Waals surface area contributed by atoms with Gasteiger partial charge in [-0.15, -0.1) is 0 Å². The SMILES string of the molecule is CCCCOc1ccc(Cl)cc1-c1ccno1. The number of rotatable bonds is 5. The molecule has 3 nitrogen and oxygen atoms in total. The Morgan fingerprint density at radius 2 is 2.24 bits per heavy atom. The summed E-state index contributed by atoms with van der Waals surface area (Å²) in [7, 11) is 0. The van der Waals surface area contributed by atoms with Crippen molar-refractivity contribution in [2.45, 2.75) is 19.8 Å². The smallest absolute Gasteiger partial charge is 0.170 e. The zero-order valence-electron chi connectivity index (χ0n) is 9.65. The number of halogens is 1. The molecule has 0 bridgehead atoms. The molecule has 0 aliphatic heterocycles. The minimum atomic E-state index is 0.652. The summed E-state index contributed by atoms with van der Waals surface area (Å²) in [6.45, 7) is 2.82. The van der Waals surface area contributed by atoms with Gasteiger partial charge >= 0.3 is 0 Å². The number of hydrogen-bond donors (Lipinski definition) is 0. The van der Waals surface area contributed by atoms with E-state index in [-0.39, 0.29) is 0 Å². The van der Waals surface area contributed by atoms with E-state index in [0.717, 1.165) is 24.2 Å². The Morgan fingerprint density at radius 3 is 2.94 bits per heavy atom. The molecule has 0 saturated heterocycles. The summed E-state index contributed by atoms with van der Waals surface area (Å²) in [5.74, 6) is 1.44. The van der Waals surface area contributed by atoms with E-state index in [9.17, 15) is 0 Å². The molecule has 1 heterocycles. The third kappa shape index (κ3) is 3.01. The van der Waals surface area contributed by atoms with Gasteiger partial charge in [-0.1, -0.05) is 30.1 Å². The molecule has 0 fully saturated rings. The minimum Gasteiger partial charge on any atom is -0.493 e. The fourth-order valence-electron chi connectivity index (χ4n) is 1.50. The van der Waals surface area contributed by atoms with Crippen molar-refractivity contribution in [3.63, 3.8) is 0 Å². The molecule has 2 aromatic rings. The van der Waals surface area contributed by atoms with Crippen molar-refractivity contribution in [2.24, 2.45) is 0 Å². The van der Waals surface area contributed by atoms with E-state index in [1.165, 1.54) is 0 Å². The van der Waals surface area contributed by atoms with Crippen LogP contribution in [0.5, 0.6) is 5.75 Å². The summed E-state index contributed by atoms with van der Waals surface area (Å²) in [6, 6.07) is 7.28. The number of ether oxygens (including phenoxy) is 1. The minimum absolute atomic E-state index is 0.652. The number of unbranched alkanes of at least 4 members (excludes halogenated alkanes) is 1. The molecule has 0 amide bonds. The van der Waals surface area contributed by atoms with Crippen molar-refractivity contribution in [1.29, 1.82) is 0 Å². The second-order valence-corrected chi connectivity index (χ2v) is 4.16. The van der Waals surface area contributed by atoms with Crippen LogP contribution >= 0.6 is 11.6 Å². The lowest BCUT2D eigenvalue weighted by molar-refractivity contribution is 0.309. The van der Waals surface area contributed by atoms with Gasteiger partial charge in [-0.05, 0) is 24.6 Å². The summed E-state index contributed by atoms with van der Waals surface area (Å²) < 4.78 is 10.8. The molecule has 90 valence electrons. The first-order chi connectivity index (χ1) is 8.31. The lowest BCUT2D eigenvalue weighted by atomic mass is 10.1. The number of benzene rings is 1. The van der Waals surface area contributed by atoms with Crippen LogP contribution in [0.2, 0.25) is 5.02 Å². The molecule has 0 spiro atoms. The molecule has 0 aliphatic carbocycles. The Morgan fingerprint density at radius 1 is 1.35 bits per heavy atom. The topological polar surface area (TPSA) is 35.3 Å². The summed E-state index contributed by atoms with van der Waals surface area (Å²) in [6.07, 6.45) is 3.73. The van der Waals surface area contributed by atoms with Gasteiger partial charge in [-0.2, -0.15) is 0 Å². The van der Waals surface area contributed by atoms with Gasteiger partial charge in [0.2, 0.25) is 0 Å². The fraction of sp³-hybridized carbons (Fsp3) is 0.308. The fourth-order valence-corrected chi connectivity index (χ4v) is 1.67. The van der Waals surface area contributed by atoms with Crippen LogP contribution in [-0.4, -0.2) is 11.8 Å². The quantitative estimate of drug-likeness (QED) is 0.748. The van der Waals surface area contributed by atoms with Crippen LogP contribution in [0.15, 0.2) is 35.0 Å². The van der Waals surface area contributed by atoms with E-state index in [0.29, 0.717) is 17.4 Å². The maximum atomic E-state index is 5.98. The molecule has 4 heteroatoms. The Labute approximate surface area is 105 Å². The molecular formula is C13H14ClNO2. The highest BCUT2D eigenvalue weighted by molar-refractivity contribution is 6.30. The highest BCUT2D eigenvalue weighted by Gasteiger charge is 2.10. The molecule has 0 radical (unpaired) electrons. The molecular weight excluding hydrogens is 238 g/mol. The zero-order valence-corrected chi connectivity index (χ0v) is 10.4. The predicted octanol–water partition coefficient (Wildman–Crippen LogP) is 4.17. The predicted molar refractivity (Wildman–Crippen MR) is 67.4 cm³/mol. The van der Waals surface area contributed by atoms with E-state index in [1.807, 2.05) is 18.2 Å². The van der Waals surface area contributed by atoms with E-state index in [2.05, 4.69) is 12.1 Å². The van der Waals surface area contributed by atoms with Crippen molar-refractivity contribution >= 4 is 11.6 Å². The lowest BCUT2D eigenvalue weighted by Crippen LogP contribution is -1.97. The summed E-state index contributed by atoms with van der Waals surface area (Å²) in [4.78, 5) is 0.